The van der Waals surface area contributed by atoms with Crippen LogP contribution in [0.2, 0.25) is 0 Å². The van der Waals surface area contributed by atoms with Crippen LogP contribution >= 0.6 is 0 Å². The van der Waals surface area contributed by atoms with Gasteiger partial charge in [-0.2, -0.15) is 0 Å². The Bertz CT molecular complexity index is 472. The van der Waals surface area contributed by atoms with Gasteiger partial charge >= 0.3 is 5.97 Å². The van der Waals surface area contributed by atoms with Crippen molar-refractivity contribution in [2.45, 2.75) is 58.2 Å². The molecule has 0 aliphatic heterocycles. The topological polar surface area (TPSA) is 55.6 Å². The fourth-order valence-electron chi connectivity index (χ4n) is 2.73. The first-order valence-corrected chi connectivity index (χ1v) is 7.92. The molecule has 1 aromatic rings. The van der Waals surface area contributed by atoms with Gasteiger partial charge < -0.3 is 10.5 Å². The van der Waals surface area contributed by atoms with E-state index in [1.807, 2.05) is 25.1 Å². The van der Waals surface area contributed by atoms with E-state index in [9.17, 15) is 4.79 Å². The van der Waals surface area contributed by atoms with Gasteiger partial charge in [0.05, 0.1) is 6.61 Å². The first-order valence-electron chi connectivity index (χ1n) is 7.92. The van der Waals surface area contributed by atoms with Crippen molar-refractivity contribution in [3.8, 4) is 0 Å². The number of carbonyl (C=O) groups excluding carboxylic acids is 1. The molecule has 116 valence electrons. The third kappa shape index (κ3) is 4.46. The van der Waals surface area contributed by atoms with E-state index in [0.29, 0.717) is 12.6 Å². The van der Waals surface area contributed by atoms with Gasteiger partial charge in [0.2, 0.25) is 0 Å². The highest BCUT2D eigenvalue weighted by molar-refractivity contribution is 5.75. The molecule has 21 heavy (non-hydrogen) atoms. The number of nitrogens with zero attached hydrogens (tertiary/aromatic N) is 1. The van der Waals surface area contributed by atoms with Gasteiger partial charge in [-0.25, -0.2) is 0 Å². The summed E-state index contributed by atoms with van der Waals surface area (Å²) in [5.41, 5.74) is 7.79. The zero-order valence-electron chi connectivity index (χ0n) is 13.0. The predicted octanol–water partition coefficient (Wildman–Crippen LogP) is 2.97. The minimum atomic E-state index is -0.135. The molecule has 2 rings (SSSR count). The van der Waals surface area contributed by atoms with E-state index in [0.717, 1.165) is 30.6 Å². The summed E-state index contributed by atoms with van der Waals surface area (Å²) in [6.45, 7) is 5.17. The molecule has 1 saturated carbocycles. The van der Waals surface area contributed by atoms with Crippen LogP contribution in [0.1, 0.15) is 45.1 Å². The number of hydrogen-bond acceptors (Lipinski definition) is 4. The first-order chi connectivity index (χ1) is 10.2. The molecule has 1 atom stereocenters. The maximum atomic E-state index is 12.3. The minimum Gasteiger partial charge on any atom is -0.465 e. The monoisotopic (exact) mass is 290 g/mol. The molecule has 4 heteroatoms. The van der Waals surface area contributed by atoms with Gasteiger partial charge in [-0.05, 0) is 43.9 Å². The van der Waals surface area contributed by atoms with Crippen LogP contribution < -0.4 is 5.73 Å². The summed E-state index contributed by atoms with van der Waals surface area (Å²) in [5.74, 6) is -0.0878. The summed E-state index contributed by atoms with van der Waals surface area (Å²) < 4.78 is 5.27. The van der Waals surface area contributed by atoms with E-state index in [4.69, 9.17) is 10.5 Å². The molecule has 0 spiro atoms. The molecule has 0 radical (unpaired) electrons. The number of benzene rings is 1. The molecule has 0 saturated heterocycles. The molecule has 1 aliphatic carbocycles. The summed E-state index contributed by atoms with van der Waals surface area (Å²) in [7, 11) is 0. The normalized spacial score (nSPS) is 16.0. The van der Waals surface area contributed by atoms with Crippen molar-refractivity contribution < 1.29 is 9.53 Å². The summed E-state index contributed by atoms with van der Waals surface area (Å²) in [5, 5.41) is 0. The highest BCUT2D eigenvalue weighted by Crippen LogP contribution is 2.32. The number of carbonyl (C=O) groups is 1. The van der Waals surface area contributed by atoms with Gasteiger partial charge in [0.1, 0.15) is 6.04 Å². The van der Waals surface area contributed by atoms with Crippen molar-refractivity contribution >= 4 is 11.7 Å². The molecule has 1 aromatic carbocycles. The number of esters is 1. The molecular weight excluding hydrogens is 264 g/mol. The lowest BCUT2D eigenvalue weighted by molar-refractivity contribution is -0.150. The maximum absolute atomic E-state index is 12.3. The molecule has 0 aromatic heterocycles. The van der Waals surface area contributed by atoms with Crippen molar-refractivity contribution in [2.75, 3.05) is 12.3 Å². The van der Waals surface area contributed by atoms with E-state index in [-0.39, 0.29) is 12.0 Å². The number of ether oxygens (including phenoxy) is 1. The first kappa shape index (κ1) is 15.8. The van der Waals surface area contributed by atoms with Gasteiger partial charge in [0.25, 0.3) is 0 Å². The van der Waals surface area contributed by atoms with E-state index in [2.05, 4.69) is 17.9 Å². The Labute approximate surface area is 127 Å². The Hall–Kier alpha value is -1.55. The molecule has 1 unspecified atom stereocenters. The fourth-order valence-corrected chi connectivity index (χ4v) is 2.73. The molecular formula is C17H26N2O2. The molecule has 1 aliphatic rings. The molecule has 4 nitrogen and oxygen atoms in total. The lowest BCUT2D eigenvalue weighted by atomic mass is 10.1. The van der Waals surface area contributed by atoms with Crippen molar-refractivity contribution in [2.24, 2.45) is 0 Å². The molecule has 1 fully saturated rings. The minimum absolute atomic E-state index is 0.0878. The van der Waals surface area contributed by atoms with Crippen molar-refractivity contribution in [3.05, 3.63) is 29.8 Å². The van der Waals surface area contributed by atoms with Gasteiger partial charge in [0, 0.05) is 18.3 Å². The highest BCUT2D eigenvalue weighted by Gasteiger charge is 2.37. The van der Waals surface area contributed by atoms with E-state index >= 15 is 0 Å². The number of rotatable bonds is 8. The molecule has 0 heterocycles. The van der Waals surface area contributed by atoms with Gasteiger partial charge in [-0.15, -0.1) is 0 Å². The Morgan fingerprint density at radius 1 is 1.43 bits per heavy atom. The summed E-state index contributed by atoms with van der Waals surface area (Å²) in [6.07, 6.45) is 4.16. The third-order valence-corrected chi connectivity index (χ3v) is 3.85. The van der Waals surface area contributed by atoms with Crippen LogP contribution in [0, 0.1) is 0 Å². The summed E-state index contributed by atoms with van der Waals surface area (Å²) in [4.78, 5) is 14.6. The number of nitrogens with two attached hydrogens (primary N) is 1. The van der Waals surface area contributed by atoms with Crippen molar-refractivity contribution in [3.63, 3.8) is 0 Å². The van der Waals surface area contributed by atoms with Gasteiger partial charge in [-0.3, -0.25) is 9.69 Å². The lowest BCUT2D eigenvalue weighted by Crippen LogP contribution is -2.43. The van der Waals surface area contributed by atoms with E-state index in [1.54, 1.807) is 0 Å². The quantitative estimate of drug-likeness (QED) is 0.591. The number of anilines is 1. The van der Waals surface area contributed by atoms with Gasteiger partial charge in [0.15, 0.2) is 0 Å². The lowest BCUT2D eigenvalue weighted by Gasteiger charge is -2.30. The standard InChI is InChI=1S/C17H26N2O2/c1-3-6-16(17(20)21-4-2)19(15-9-10-15)12-13-7-5-8-14(18)11-13/h5,7-8,11,15-16H,3-4,6,9-10,12,18H2,1-2H3. The average molecular weight is 290 g/mol. The van der Waals surface area contributed by atoms with Gasteiger partial charge in [-0.1, -0.05) is 25.5 Å². The zero-order valence-corrected chi connectivity index (χ0v) is 13.0. The van der Waals surface area contributed by atoms with Crippen molar-refractivity contribution in [1.29, 1.82) is 0 Å². The Kier molecular flexibility index (Phi) is 5.62. The third-order valence-electron chi connectivity index (χ3n) is 3.85. The zero-order chi connectivity index (χ0) is 15.2. The highest BCUT2D eigenvalue weighted by atomic mass is 16.5. The summed E-state index contributed by atoms with van der Waals surface area (Å²) >= 11 is 0. The van der Waals surface area contributed by atoms with Crippen molar-refractivity contribution in [1.82, 2.24) is 4.90 Å². The second-order valence-corrected chi connectivity index (χ2v) is 5.71. The number of hydrogen-bond donors (Lipinski definition) is 1. The Morgan fingerprint density at radius 2 is 2.19 bits per heavy atom. The Balaban J connectivity index is 2.13. The van der Waals surface area contributed by atoms with Crippen LogP contribution in [0.5, 0.6) is 0 Å². The van der Waals surface area contributed by atoms with Crippen LogP contribution in [0.25, 0.3) is 0 Å². The van der Waals surface area contributed by atoms with Crippen LogP contribution in [-0.2, 0) is 16.1 Å². The second-order valence-electron chi connectivity index (χ2n) is 5.71. The molecule has 0 amide bonds. The van der Waals surface area contributed by atoms with Crippen LogP contribution in [-0.4, -0.2) is 29.6 Å². The predicted molar refractivity (Wildman–Crippen MR) is 84.7 cm³/mol. The fraction of sp³-hybridized carbons (Fsp3) is 0.588. The average Bonchev–Trinajstić information content (AvgIpc) is 3.27. The second kappa shape index (κ2) is 7.46. The largest absolute Gasteiger partial charge is 0.465 e. The summed E-state index contributed by atoms with van der Waals surface area (Å²) in [6, 6.07) is 8.29. The van der Waals surface area contributed by atoms with E-state index < -0.39 is 0 Å². The van der Waals surface area contributed by atoms with Crippen LogP contribution in [0.3, 0.4) is 0 Å². The maximum Gasteiger partial charge on any atom is 0.323 e. The SMILES string of the molecule is CCCC(C(=O)OCC)N(Cc1cccc(N)c1)C1CC1. The molecule has 2 N–H and O–H groups in total. The van der Waals surface area contributed by atoms with Crippen LogP contribution in [0.4, 0.5) is 5.69 Å². The number of nitrogen functional groups attached to an aromatic ring is 1. The van der Waals surface area contributed by atoms with E-state index in [1.165, 1.54) is 12.8 Å². The van der Waals surface area contributed by atoms with Crippen LogP contribution in [0.15, 0.2) is 24.3 Å². The smallest absolute Gasteiger partial charge is 0.323 e. The Morgan fingerprint density at radius 3 is 2.76 bits per heavy atom. The molecule has 0 bridgehead atoms.